The number of carbonyl (C=O) groups excluding carboxylic acids is 1. The molecule has 2 aromatic rings. The van der Waals surface area contributed by atoms with Gasteiger partial charge in [0, 0.05) is 35.4 Å². The summed E-state index contributed by atoms with van der Waals surface area (Å²) in [6, 6.07) is 14.3. The fourth-order valence-electron chi connectivity index (χ4n) is 3.82. The van der Waals surface area contributed by atoms with Crippen LogP contribution in [0.25, 0.3) is 0 Å². The van der Waals surface area contributed by atoms with Crippen LogP contribution in [0.5, 0.6) is 0 Å². The molecule has 4 rings (SSSR count). The monoisotopic (exact) mass is 369 g/mol. The Morgan fingerprint density at radius 1 is 1.23 bits per heavy atom. The second-order valence-electron chi connectivity index (χ2n) is 7.22. The number of amides is 1. The zero-order valence-electron chi connectivity index (χ0n) is 15.1. The third-order valence-corrected chi connectivity index (χ3v) is 6.26. The Hall–Kier alpha value is -1.82. The fourth-order valence-corrected chi connectivity index (χ4v) is 4.76. The van der Waals surface area contributed by atoms with Crippen LogP contribution >= 0.6 is 11.8 Å². The molecule has 136 valence electrons. The average Bonchev–Trinajstić information content (AvgIpc) is 2.89. The number of ether oxygens (including phenoxy) is 1. The van der Waals surface area contributed by atoms with Gasteiger partial charge in [-0.25, -0.2) is 0 Å². The molecular formula is C21H23NO3S. The fraction of sp³-hybridized carbons (Fsp3) is 0.381. The van der Waals surface area contributed by atoms with Gasteiger partial charge in [-0.3, -0.25) is 4.79 Å². The van der Waals surface area contributed by atoms with E-state index < -0.39 is 5.60 Å². The van der Waals surface area contributed by atoms with Gasteiger partial charge in [0.2, 0.25) is 5.91 Å². The highest BCUT2D eigenvalue weighted by Gasteiger charge is 2.35. The first-order valence-electron chi connectivity index (χ1n) is 8.96. The van der Waals surface area contributed by atoms with Gasteiger partial charge in [0.1, 0.15) is 0 Å². The van der Waals surface area contributed by atoms with Gasteiger partial charge in [0.05, 0.1) is 24.7 Å². The van der Waals surface area contributed by atoms with Crippen LogP contribution in [0.2, 0.25) is 0 Å². The van der Waals surface area contributed by atoms with Crippen molar-refractivity contribution in [3.63, 3.8) is 0 Å². The molecule has 0 saturated carbocycles. The maximum atomic E-state index is 11.9. The highest BCUT2D eigenvalue weighted by atomic mass is 32.2. The van der Waals surface area contributed by atoms with Gasteiger partial charge in [0.15, 0.2) is 0 Å². The van der Waals surface area contributed by atoms with Crippen LogP contribution in [0.3, 0.4) is 0 Å². The maximum Gasteiger partial charge on any atom is 0.231 e. The molecule has 0 radical (unpaired) electrons. The van der Waals surface area contributed by atoms with Crippen molar-refractivity contribution in [1.29, 1.82) is 0 Å². The third-order valence-electron chi connectivity index (χ3n) is 5.28. The van der Waals surface area contributed by atoms with Crippen molar-refractivity contribution in [2.75, 3.05) is 18.6 Å². The van der Waals surface area contributed by atoms with Crippen molar-refractivity contribution in [2.45, 2.75) is 47.7 Å². The quantitative estimate of drug-likeness (QED) is 0.895. The van der Waals surface area contributed by atoms with Crippen molar-refractivity contribution in [1.82, 2.24) is 0 Å². The molecule has 0 aromatic heterocycles. The molecule has 2 heterocycles. The largest absolute Gasteiger partial charge is 0.385 e. The predicted octanol–water partition coefficient (Wildman–Crippen LogP) is 3.74. The number of fused-ring (bicyclic) bond motifs is 1. The molecule has 2 atom stereocenters. The molecule has 1 saturated heterocycles. The molecule has 0 bridgehead atoms. The van der Waals surface area contributed by atoms with Gasteiger partial charge < -0.3 is 14.7 Å². The lowest BCUT2D eigenvalue weighted by atomic mass is 9.84. The summed E-state index contributed by atoms with van der Waals surface area (Å²) in [5.74, 6) is 0.139. The van der Waals surface area contributed by atoms with Crippen LogP contribution < -0.4 is 4.90 Å². The van der Waals surface area contributed by atoms with E-state index in [4.69, 9.17) is 4.74 Å². The Bertz CT molecular complexity index is 853. The van der Waals surface area contributed by atoms with Gasteiger partial charge in [-0.1, -0.05) is 23.9 Å². The Labute approximate surface area is 158 Å². The zero-order chi connectivity index (χ0) is 18.3. The van der Waals surface area contributed by atoms with Crippen LogP contribution in [-0.4, -0.2) is 30.8 Å². The minimum absolute atomic E-state index is 0.0660. The van der Waals surface area contributed by atoms with Gasteiger partial charge in [-0.15, -0.1) is 0 Å². The minimum atomic E-state index is -0.818. The van der Waals surface area contributed by atoms with E-state index in [2.05, 4.69) is 24.3 Å². The summed E-state index contributed by atoms with van der Waals surface area (Å²) in [6.45, 7) is 2.59. The number of carbonyl (C=O) groups is 1. The lowest BCUT2D eigenvalue weighted by Gasteiger charge is -2.36. The summed E-state index contributed by atoms with van der Waals surface area (Å²) in [5.41, 5.74) is 2.21. The van der Waals surface area contributed by atoms with Crippen LogP contribution in [-0.2, 0) is 21.6 Å². The number of hydrogen-bond acceptors (Lipinski definition) is 4. The van der Waals surface area contributed by atoms with E-state index in [9.17, 15) is 9.90 Å². The van der Waals surface area contributed by atoms with Crippen LogP contribution in [0, 0.1) is 0 Å². The Balaban J connectivity index is 1.57. The van der Waals surface area contributed by atoms with Crippen LogP contribution in [0.1, 0.15) is 30.9 Å². The lowest BCUT2D eigenvalue weighted by Crippen LogP contribution is -2.37. The first-order chi connectivity index (χ1) is 12.4. The van der Waals surface area contributed by atoms with Crippen LogP contribution in [0.4, 0.5) is 5.69 Å². The van der Waals surface area contributed by atoms with E-state index in [1.54, 1.807) is 16.7 Å². The summed E-state index contributed by atoms with van der Waals surface area (Å²) in [7, 11) is 1.82. The van der Waals surface area contributed by atoms with E-state index in [0.717, 1.165) is 26.6 Å². The highest BCUT2D eigenvalue weighted by molar-refractivity contribution is 7.99. The first-order valence-corrected chi connectivity index (χ1v) is 9.78. The number of benzene rings is 2. The second kappa shape index (κ2) is 6.72. The van der Waals surface area contributed by atoms with Crippen molar-refractivity contribution >= 4 is 23.4 Å². The van der Waals surface area contributed by atoms with Gasteiger partial charge >= 0.3 is 0 Å². The summed E-state index contributed by atoms with van der Waals surface area (Å²) >= 11 is 1.66. The molecule has 1 amide bonds. The van der Waals surface area contributed by atoms with Gasteiger partial charge in [-0.2, -0.15) is 0 Å². The molecule has 0 aliphatic carbocycles. The predicted molar refractivity (Wildman–Crippen MR) is 103 cm³/mol. The number of anilines is 1. The highest BCUT2D eigenvalue weighted by Crippen LogP contribution is 2.38. The molecule has 0 spiro atoms. The smallest absolute Gasteiger partial charge is 0.231 e. The summed E-state index contributed by atoms with van der Waals surface area (Å²) in [6.07, 6.45) is 1.78. The normalized spacial score (nSPS) is 25.4. The maximum absolute atomic E-state index is 11.9. The number of aliphatic hydroxyl groups is 1. The number of rotatable bonds is 3. The van der Waals surface area contributed by atoms with E-state index in [0.29, 0.717) is 25.9 Å². The third kappa shape index (κ3) is 3.27. The molecule has 26 heavy (non-hydrogen) atoms. The van der Waals surface area contributed by atoms with E-state index in [1.165, 1.54) is 0 Å². The molecule has 5 heteroatoms. The lowest BCUT2D eigenvalue weighted by molar-refractivity contribution is -0.117. The Morgan fingerprint density at radius 2 is 2.04 bits per heavy atom. The minimum Gasteiger partial charge on any atom is -0.385 e. The molecular weight excluding hydrogens is 346 g/mol. The van der Waals surface area contributed by atoms with Crippen molar-refractivity contribution < 1.29 is 14.6 Å². The molecule has 2 aliphatic heterocycles. The van der Waals surface area contributed by atoms with E-state index in [-0.39, 0.29) is 12.0 Å². The van der Waals surface area contributed by atoms with E-state index >= 15 is 0 Å². The molecule has 0 unspecified atom stereocenters. The molecule has 2 aromatic carbocycles. The zero-order valence-corrected chi connectivity index (χ0v) is 15.9. The van der Waals surface area contributed by atoms with Gasteiger partial charge in [-0.05, 0) is 48.4 Å². The molecule has 2 aliphatic rings. The number of likely N-dealkylation sites (N-methyl/N-ethyl adjacent to an activating group) is 1. The molecule has 1 fully saturated rings. The van der Waals surface area contributed by atoms with Crippen LogP contribution in [0.15, 0.2) is 52.3 Å². The van der Waals surface area contributed by atoms with Crippen molar-refractivity contribution in [3.05, 3.63) is 53.6 Å². The molecule has 4 nitrogen and oxygen atoms in total. The Morgan fingerprint density at radius 3 is 2.85 bits per heavy atom. The standard InChI is InChI=1S/C21H23NO3S/c1-14-13-21(24,8-9-25-14)16-4-3-5-17(12-16)26-18-6-7-19-15(10-18)11-20(23)22(19)2/h3-7,10,12,14,24H,8-9,11,13H2,1-2H3/t14-,21+/m0/s1. The average molecular weight is 369 g/mol. The van der Waals surface area contributed by atoms with E-state index in [1.807, 2.05) is 32.2 Å². The number of hydrogen-bond donors (Lipinski definition) is 1. The van der Waals surface area contributed by atoms with Gasteiger partial charge in [0.25, 0.3) is 0 Å². The number of nitrogens with zero attached hydrogens (tertiary/aromatic N) is 1. The first kappa shape index (κ1) is 17.6. The van der Waals surface area contributed by atoms with Crippen molar-refractivity contribution in [2.24, 2.45) is 0 Å². The SMILES string of the molecule is C[C@H]1C[C@@](O)(c2cccc(Sc3ccc4c(c3)CC(=O)N4C)c2)CCO1. The Kier molecular flexibility index (Phi) is 4.55. The molecule has 1 N–H and O–H groups in total. The summed E-state index contributed by atoms with van der Waals surface area (Å²) in [4.78, 5) is 15.8. The van der Waals surface area contributed by atoms with Crippen molar-refractivity contribution in [3.8, 4) is 0 Å². The summed E-state index contributed by atoms with van der Waals surface area (Å²) < 4.78 is 5.58. The topological polar surface area (TPSA) is 49.8 Å². The summed E-state index contributed by atoms with van der Waals surface area (Å²) in [5, 5.41) is 11.1. The second-order valence-corrected chi connectivity index (χ2v) is 8.36.